The van der Waals surface area contributed by atoms with Gasteiger partial charge in [-0.05, 0) is 157 Å². The van der Waals surface area contributed by atoms with E-state index in [1.54, 1.807) is 0 Å². The van der Waals surface area contributed by atoms with Crippen LogP contribution in [0.25, 0.3) is 66.8 Å². The van der Waals surface area contributed by atoms with Crippen molar-refractivity contribution in [1.82, 2.24) is 4.57 Å². The summed E-state index contributed by atoms with van der Waals surface area (Å²) in [4.78, 5) is 2.54. The molecule has 378 valence electrons. The molecule has 15 rings (SSSR count). The van der Waals surface area contributed by atoms with Crippen LogP contribution >= 0.6 is 0 Å². The number of nitrogens with zero attached hydrogens (tertiary/aromatic N) is 2. The second kappa shape index (κ2) is 19.6. The Morgan fingerprint density at radius 3 is 1.86 bits per heavy atom. The second-order valence-corrected chi connectivity index (χ2v) is 22.0. The lowest BCUT2D eigenvalue weighted by atomic mass is 9.67. The van der Waals surface area contributed by atoms with E-state index in [4.69, 9.17) is 0 Å². The van der Waals surface area contributed by atoms with Crippen LogP contribution in [0.1, 0.15) is 95.0 Å². The normalized spacial score (nSPS) is 15.4. The predicted molar refractivity (Wildman–Crippen MR) is 331 cm³/mol. The monoisotopic (exact) mass is 1010 g/mol. The van der Waals surface area contributed by atoms with E-state index >= 15 is 0 Å². The molecule has 0 aliphatic heterocycles. The molecule has 0 amide bonds. The summed E-state index contributed by atoms with van der Waals surface area (Å²) in [5.41, 5.74) is 23.5. The van der Waals surface area contributed by atoms with Gasteiger partial charge in [-0.3, -0.25) is 0 Å². The van der Waals surface area contributed by atoms with Crippen molar-refractivity contribution in [2.24, 2.45) is 0 Å². The predicted octanol–water partition coefficient (Wildman–Crippen LogP) is 20.5. The maximum absolute atomic E-state index is 2.54. The Bertz CT molecular complexity index is 4210. The summed E-state index contributed by atoms with van der Waals surface area (Å²) in [7, 11) is 0. The summed E-state index contributed by atoms with van der Waals surface area (Å²) in [6, 6.07) is 100. The van der Waals surface area contributed by atoms with Gasteiger partial charge < -0.3 is 9.47 Å². The Balaban J connectivity index is 0.911. The smallest absolute Gasteiger partial charge is 0.0713 e. The maximum Gasteiger partial charge on any atom is 0.0713 e. The van der Waals surface area contributed by atoms with Gasteiger partial charge in [0.15, 0.2) is 0 Å². The van der Waals surface area contributed by atoms with Crippen molar-refractivity contribution in [3.05, 3.63) is 318 Å². The van der Waals surface area contributed by atoms with Crippen molar-refractivity contribution >= 4 is 44.8 Å². The zero-order valence-corrected chi connectivity index (χ0v) is 44.3. The van der Waals surface area contributed by atoms with Crippen LogP contribution < -0.4 is 4.90 Å². The molecule has 1 saturated carbocycles. The molecule has 2 nitrogen and oxygen atoms in total. The highest BCUT2D eigenvalue weighted by molar-refractivity contribution is 6.04. The lowest BCUT2D eigenvalue weighted by Crippen LogP contribution is -2.28. The summed E-state index contributed by atoms with van der Waals surface area (Å²) in [5, 5.41) is 4.01. The van der Waals surface area contributed by atoms with E-state index in [1.807, 2.05) is 0 Å². The third-order valence-electron chi connectivity index (χ3n) is 17.8. The van der Waals surface area contributed by atoms with Crippen LogP contribution in [-0.2, 0) is 5.41 Å². The van der Waals surface area contributed by atoms with Crippen LogP contribution in [0.3, 0.4) is 0 Å². The molecule has 0 radical (unpaired) electrons. The minimum Gasteiger partial charge on any atom is -0.310 e. The van der Waals surface area contributed by atoms with Gasteiger partial charge in [0, 0.05) is 33.9 Å². The molecule has 0 N–H and O–H groups in total. The van der Waals surface area contributed by atoms with Gasteiger partial charge in [-0.25, -0.2) is 0 Å². The number of anilines is 3. The fourth-order valence-corrected chi connectivity index (χ4v) is 14.5. The van der Waals surface area contributed by atoms with E-state index < -0.39 is 5.41 Å². The quantitative estimate of drug-likeness (QED) is 0.133. The topological polar surface area (TPSA) is 8.17 Å². The van der Waals surface area contributed by atoms with Crippen LogP contribution in [0.2, 0.25) is 0 Å². The summed E-state index contributed by atoms with van der Waals surface area (Å²) in [5.74, 6) is 0.720. The highest BCUT2D eigenvalue weighted by atomic mass is 15.1. The van der Waals surface area contributed by atoms with E-state index in [0.717, 1.165) is 23.5 Å². The van der Waals surface area contributed by atoms with Gasteiger partial charge in [0.1, 0.15) is 0 Å². The molecule has 1 heterocycles. The van der Waals surface area contributed by atoms with E-state index in [9.17, 15) is 0 Å². The lowest BCUT2D eigenvalue weighted by molar-refractivity contribution is 0.445. The van der Waals surface area contributed by atoms with E-state index in [2.05, 4.69) is 289 Å². The molecule has 79 heavy (non-hydrogen) atoms. The first-order valence-electron chi connectivity index (χ1n) is 28.6. The number of hydrogen-bond donors (Lipinski definition) is 0. The zero-order chi connectivity index (χ0) is 52.3. The molecule has 3 aliphatic rings. The molecule has 1 unspecified atom stereocenters. The number of para-hydroxylation sites is 3. The summed E-state index contributed by atoms with van der Waals surface area (Å²) in [6.45, 7) is 0. The van der Waals surface area contributed by atoms with Crippen molar-refractivity contribution in [1.29, 1.82) is 0 Å². The van der Waals surface area contributed by atoms with Gasteiger partial charge in [0.2, 0.25) is 0 Å². The van der Waals surface area contributed by atoms with Gasteiger partial charge in [0.05, 0.1) is 22.3 Å². The standard InChI is InChI=1S/C77H60N2/c1-5-24-53(25-6-1)62-39-20-26-55-27-21-42-66(74(55)62)65-36-14-17-45-71(65)78(61-35-19-28-56(52-61)64-41-23-47-73-76(64)68-38-15-18-46-72(68)79(73)59-33-11-4-12-34-59)60-50-48-54(49-51-60)63-40-22-44-70-75(63)67-37-13-16-43-69(67)77(70,57-29-7-2-8-30-57)58-31-9-3-10-32-58/h2-4,7-23,26-40,42-53,64H,1,5-6,24-25,41H2. The van der Waals surface area contributed by atoms with Crippen LogP contribution in [-0.4, -0.2) is 4.57 Å². The Kier molecular flexibility index (Phi) is 11.7. The zero-order valence-electron chi connectivity index (χ0n) is 44.3. The van der Waals surface area contributed by atoms with Crippen LogP contribution in [0.5, 0.6) is 0 Å². The van der Waals surface area contributed by atoms with Crippen molar-refractivity contribution in [3.63, 3.8) is 0 Å². The fraction of sp³-hybridized carbons (Fsp3) is 0.117. The van der Waals surface area contributed by atoms with Gasteiger partial charge in [0.25, 0.3) is 0 Å². The average Bonchev–Trinajstić information content (AvgIpc) is 4.07. The van der Waals surface area contributed by atoms with Crippen molar-refractivity contribution in [2.75, 3.05) is 4.90 Å². The minimum absolute atomic E-state index is 0.160. The summed E-state index contributed by atoms with van der Waals surface area (Å²) in [6.07, 6.45) is 12.1. The second-order valence-electron chi connectivity index (χ2n) is 22.0. The van der Waals surface area contributed by atoms with E-state index in [0.29, 0.717) is 5.92 Å². The Morgan fingerprint density at radius 1 is 0.456 bits per heavy atom. The van der Waals surface area contributed by atoms with Crippen molar-refractivity contribution < 1.29 is 0 Å². The molecule has 3 aliphatic carbocycles. The van der Waals surface area contributed by atoms with Crippen molar-refractivity contribution in [2.45, 2.75) is 55.8 Å². The van der Waals surface area contributed by atoms with Gasteiger partial charge in [-0.15, -0.1) is 0 Å². The maximum atomic E-state index is 2.54. The molecular formula is C77H60N2. The number of benzene rings is 11. The first-order valence-corrected chi connectivity index (χ1v) is 28.6. The SMILES string of the molecule is C1=Cc2c(c3ccccc3n2-c2ccccc2)C(c2cccc(N(c3ccc(-c4cccc5c4-c4ccccc4C5(c4ccccc4)c4ccccc4)cc3)c3ccccc3-c3cccc4cccc(C5CCCCC5)c34)c2)C1. The Morgan fingerprint density at radius 2 is 1.08 bits per heavy atom. The highest BCUT2D eigenvalue weighted by Crippen LogP contribution is 2.58. The third-order valence-corrected chi connectivity index (χ3v) is 17.8. The average molecular weight is 1010 g/mol. The molecule has 0 spiro atoms. The van der Waals surface area contributed by atoms with E-state index in [1.165, 1.54) is 137 Å². The van der Waals surface area contributed by atoms with Gasteiger partial charge in [-0.2, -0.15) is 0 Å². The molecule has 1 aromatic heterocycles. The Labute approximate surface area is 464 Å². The lowest BCUT2D eigenvalue weighted by Gasteiger charge is -2.34. The number of allylic oxidation sites excluding steroid dienone is 1. The third kappa shape index (κ3) is 7.68. The number of fused-ring (bicyclic) bond motifs is 7. The van der Waals surface area contributed by atoms with Crippen molar-refractivity contribution in [3.8, 4) is 39.1 Å². The molecule has 1 atom stereocenters. The minimum atomic E-state index is -0.472. The molecule has 11 aromatic carbocycles. The van der Waals surface area contributed by atoms with Gasteiger partial charge >= 0.3 is 0 Å². The van der Waals surface area contributed by atoms with Crippen LogP contribution in [0.4, 0.5) is 17.1 Å². The van der Waals surface area contributed by atoms with Crippen LogP contribution in [0.15, 0.2) is 273 Å². The number of rotatable bonds is 10. The molecule has 2 heteroatoms. The summed E-state index contributed by atoms with van der Waals surface area (Å²) >= 11 is 0. The number of aromatic nitrogens is 1. The molecule has 0 bridgehead atoms. The van der Waals surface area contributed by atoms with Gasteiger partial charge in [-0.1, -0.05) is 244 Å². The van der Waals surface area contributed by atoms with Crippen LogP contribution in [0, 0.1) is 0 Å². The molecule has 1 fully saturated rings. The first-order chi connectivity index (χ1) is 39.2. The van der Waals surface area contributed by atoms with E-state index in [-0.39, 0.29) is 5.92 Å². The molecule has 12 aromatic rings. The summed E-state index contributed by atoms with van der Waals surface area (Å²) < 4.78 is 2.46. The molecular weight excluding hydrogens is 953 g/mol. The number of hydrogen-bond acceptors (Lipinski definition) is 1. The molecule has 0 saturated heterocycles. The first kappa shape index (κ1) is 47.0. The highest BCUT2D eigenvalue weighted by Gasteiger charge is 2.46. The Hall–Kier alpha value is -9.24. The largest absolute Gasteiger partial charge is 0.310 e. The fourth-order valence-electron chi connectivity index (χ4n) is 14.5.